The van der Waals surface area contributed by atoms with Crippen molar-refractivity contribution in [2.24, 2.45) is 5.92 Å². The third-order valence-corrected chi connectivity index (χ3v) is 3.77. The molecule has 0 amide bonds. The van der Waals surface area contributed by atoms with E-state index >= 15 is 0 Å². The highest BCUT2D eigenvalue weighted by molar-refractivity contribution is 9.10. The fourth-order valence-corrected chi connectivity index (χ4v) is 2.57. The summed E-state index contributed by atoms with van der Waals surface area (Å²) in [4.78, 5) is 4.69. The molecule has 0 unspecified atom stereocenters. The molecule has 1 rings (SSSR count). The van der Waals surface area contributed by atoms with Gasteiger partial charge in [0.05, 0.1) is 0 Å². The van der Waals surface area contributed by atoms with Gasteiger partial charge in [-0.25, -0.2) is 0 Å². The summed E-state index contributed by atoms with van der Waals surface area (Å²) in [5, 5.41) is 0. The Morgan fingerprint density at radius 1 is 1.21 bits per heavy atom. The van der Waals surface area contributed by atoms with Gasteiger partial charge >= 0.3 is 0 Å². The molecule has 3 nitrogen and oxygen atoms in total. The maximum absolute atomic E-state index is 6.09. The zero-order valence-corrected chi connectivity index (χ0v) is 14.1. The Morgan fingerprint density at radius 3 is 2.42 bits per heavy atom. The topological polar surface area (TPSA) is 32.5 Å². The first-order valence-electron chi connectivity index (χ1n) is 6.80. The average Bonchev–Trinajstić information content (AvgIpc) is 2.30. The third kappa shape index (κ3) is 5.93. The lowest BCUT2D eigenvalue weighted by molar-refractivity contribution is 0.212. The maximum atomic E-state index is 6.09. The van der Waals surface area contributed by atoms with Crippen molar-refractivity contribution in [3.8, 4) is 0 Å². The van der Waals surface area contributed by atoms with Gasteiger partial charge in [0.15, 0.2) is 0 Å². The van der Waals surface area contributed by atoms with Gasteiger partial charge in [-0.3, -0.25) is 4.90 Å². The van der Waals surface area contributed by atoms with Crippen molar-refractivity contribution in [2.45, 2.75) is 20.4 Å². The fourth-order valence-electron chi connectivity index (χ4n) is 2.06. The van der Waals surface area contributed by atoms with Crippen molar-refractivity contribution in [1.29, 1.82) is 0 Å². The first-order valence-corrected chi connectivity index (χ1v) is 7.59. The molecule has 1 aromatic carbocycles. The lowest BCUT2D eigenvalue weighted by atomic mass is 10.1. The van der Waals surface area contributed by atoms with Crippen molar-refractivity contribution in [1.82, 2.24) is 9.80 Å². The van der Waals surface area contributed by atoms with Crippen LogP contribution in [0, 0.1) is 5.92 Å². The van der Waals surface area contributed by atoms with Crippen molar-refractivity contribution >= 4 is 21.6 Å². The van der Waals surface area contributed by atoms with Gasteiger partial charge in [0.25, 0.3) is 0 Å². The minimum Gasteiger partial charge on any atom is -0.398 e. The number of anilines is 1. The Morgan fingerprint density at radius 2 is 1.89 bits per heavy atom. The molecule has 0 atom stereocenters. The van der Waals surface area contributed by atoms with Crippen LogP contribution in [0.2, 0.25) is 0 Å². The Labute approximate surface area is 125 Å². The highest BCUT2D eigenvalue weighted by Crippen LogP contribution is 2.24. The van der Waals surface area contributed by atoms with Gasteiger partial charge < -0.3 is 10.6 Å². The monoisotopic (exact) mass is 327 g/mol. The van der Waals surface area contributed by atoms with E-state index in [1.54, 1.807) is 0 Å². The van der Waals surface area contributed by atoms with Crippen LogP contribution >= 0.6 is 15.9 Å². The van der Waals surface area contributed by atoms with Crippen LogP contribution in [-0.4, -0.2) is 43.5 Å². The van der Waals surface area contributed by atoms with E-state index < -0.39 is 0 Å². The van der Waals surface area contributed by atoms with E-state index in [1.807, 2.05) is 12.1 Å². The Kier molecular flexibility index (Phi) is 6.83. The second-order valence-electron chi connectivity index (χ2n) is 5.74. The zero-order chi connectivity index (χ0) is 14.4. The molecule has 0 radical (unpaired) electrons. The van der Waals surface area contributed by atoms with E-state index in [-0.39, 0.29) is 0 Å². The smallest absolute Gasteiger partial charge is 0.0371 e. The van der Waals surface area contributed by atoms with Crippen molar-refractivity contribution < 1.29 is 0 Å². The van der Waals surface area contributed by atoms with Crippen LogP contribution in [0.4, 0.5) is 5.69 Å². The van der Waals surface area contributed by atoms with Gasteiger partial charge in [0, 0.05) is 41.9 Å². The molecule has 0 aromatic heterocycles. The van der Waals surface area contributed by atoms with E-state index in [0.717, 1.165) is 36.3 Å². The lowest BCUT2D eigenvalue weighted by Crippen LogP contribution is -2.34. The largest absolute Gasteiger partial charge is 0.398 e. The number of rotatable bonds is 7. The summed E-state index contributed by atoms with van der Waals surface area (Å²) in [5.74, 6) is 0.658. The number of halogens is 1. The molecule has 0 aliphatic heterocycles. The molecule has 19 heavy (non-hydrogen) atoms. The number of nitrogens with two attached hydrogens (primary N) is 1. The molecule has 0 aliphatic rings. The number of hydrogen-bond acceptors (Lipinski definition) is 3. The summed E-state index contributed by atoms with van der Waals surface area (Å²) >= 11 is 3.60. The van der Waals surface area contributed by atoms with E-state index in [0.29, 0.717) is 5.92 Å². The molecular formula is C15H26BrN3. The molecule has 0 spiro atoms. The second-order valence-corrected chi connectivity index (χ2v) is 6.59. The summed E-state index contributed by atoms with van der Waals surface area (Å²) in [6.07, 6.45) is 0. The number of nitrogen functional groups attached to an aromatic ring is 1. The van der Waals surface area contributed by atoms with Crippen LogP contribution in [0.15, 0.2) is 22.7 Å². The zero-order valence-electron chi connectivity index (χ0n) is 12.5. The molecule has 0 aliphatic carbocycles. The second kappa shape index (κ2) is 7.88. The summed E-state index contributed by atoms with van der Waals surface area (Å²) in [5.41, 5.74) is 8.15. The van der Waals surface area contributed by atoms with Crippen molar-refractivity contribution in [2.75, 3.05) is 39.5 Å². The number of likely N-dealkylation sites (N-methyl/N-ethyl adjacent to an activating group) is 1. The van der Waals surface area contributed by atoms with E-state index in [9.17, 15) is 0 Å². The van der Waals surface area contributed by atoms with Crippen LogP contribution in [0.25, 0.3) is 0 Å². The van der Waals surface area contributed by atoms with Gasteiger partial charge in [0.1, 0.15) is 0 Å². The van der Waals surface area contributed by atoms with Crippen LogP contribution in [0.3, 0.4) is 0 Å². The number of nitrogens with zero attached hydrogens (tertiary/aromatic N) is 2. The summed E-state index contributed by atoms with van der Waals surface area (Å²) in [6, 6.07) is 6.01. The minimum atomic E-state index is 0.658. The number of benzene rings is 1. The van der Waals surface area contributed by atoms with Crippen LogP contribution in [0.5, 0.6) is 0 Å². The first-order chi connectivity index (χ1) is 8.90. The molecule has 0 saturated carbocycles. The third-order valence-electron chi connectivity index (χ3n) is 3.02. The fraction of sp³-hybridized carbons (Fsp3) is 0.600. The number of hydrogen-bond donors (Lipinski definition) is 1. The Hall–Kier alpha value is -0.580. The van der Waals surface area contributed by atoms with Crippen LogP contribution in [-0.2, 0) is 6.54 Å². The van der Waals surface area contributed by atoms with Gasteiger partial charge in [-0.2, -0.15) is 0 Å². The predicted molar refractivity (Wildman–Crippen MR) is 87.2 cm³/mol. The lowest BCUT2D eigenvalue weighted by Gasteiger charge is -2.26. The van der Waals surface area contributed by atoms with Gasteiger partial charge in [0.2, 0.25) is 0 Å². The highest BCUT2D eigenvalue weighted by Gasteiger charge is 2.12. The van der Waals surface area contributed by atoms with E-state index in [1.165, 1.54) is 5.56 Å². The normalized spacial score (nSPS) is 11.8. The van der Waals surface area contributed by atoms with Crippen molar-refractivity contribution in [3.63, 3.8) is 0 Å². The standard InChI is InChI=1S/C15H26BrN3/c1-12(2)10-19(9-8-18(3)4)11-13-14(16)6-5-7-15(13)17/h5-7,12H,8-11,17H2,1-4H3. The molecule has 0 fully saturated rings. The predicted octanol–water partition coefficient (Wildman–Crippen LogP) is 3.05. The highest BCUT2D eigenvalue weighted by atomic mass is 79.9. The van der Waals surface area contributed by atoms with Gasteiger partial charge in [-0.15, -0.1) is 0 Å². The van der Waals surface area contributed by atoms with Crippen molar-refractivity contribution in [3.05, 3.63) is 28.2 Å². The molecule has 0 heterocycles. The summed E-state index contributed by atoms with van der Waals surface area (Å²) < 4.78 is 1.10. The molecular weight excluding hydrogens is 302 g/mol. The molecule has 4 heteroatoms. The summed E-state index contributed by atoms with van der Waals surface area (Å²) in [6.45, 7) is 8.63. The average molecular weight is 328 g/mol. The minimum absolute atomic E-state index is 0.658. The summed E-state index contributed by atoms with van der Waals surface area (Å²) in [7, 11) is 4.22. The Balaban J connectivity index is 2.75. The SMILES string of the molecule is CC(C)CN(CCN(C)C)Cc1c(N)cccc1Br. The van der Waals surface area contributed by atoms with Crippen LogP contribution < -0.4 is 5.73 Å². The van der Waals surface area contributed by atoms with E-state index in [4.69, 9.17) is 5.73 Å². The molecule has 1 aromatic rings. The van der Waals surface area contributed by atoms with Gasteiger partial charge in [-0.05, 0) is 32.1 Å². The molecule has 2 N–H and O–H groups in total. The van der Waals surface area contributed by atoms with E-state index in [2.05, 4.69) is 59.7 Å². The Bertz CT molecular complexity index is 371. The van der Waals surface area contributed by atoms with Gasteiger partial charge in [-0.1, -0.05) is 35.8 Å². The molecule has 0 bridgehead atoms. The maximum Gasteiger partial charge on any atom is 0.0371 e. The quantitative estimate of drug-likeness (QED) is 0.781. The molecule has 108 valence electrons. The first kappa shape index (κ1) is 16.5. The van der Waals surface area contributed by atoms with Crippen LogP contribution in [0.1, 0.15) is 19.4 Å². The molecule has 0 saturated heterocycles.